The predicted octanol–water partition coefficient (Wildman–Crippen LogP) is 2.66. The van der Waals surface area contributed by atoms with Gasteiger partial charge in [-0.1, -0.05) is 0 Å². The molecule has 0 amide bonds. The van der Waals surface area contributed by atoms with E-state index >= 15 is 0 Å². The summed E-state index contributed by atoms with van der Waals surface area (Å²) in [5.41, 5.74) is 0.910. The van der Waals surface area contributed by atoms with Crippen molar-refractivity contribution < 1.29 is 4.39 Å². The molecule has 3 heteroatoms. The lowest BCUT2D eigenvalue weighted by Gasteiger charge is -2.13. The molecule has 1 aliphatic carbocycles. The Morgan fingerprint density at radius 2 is 2.21 bits per heavy atom. The quantitative estimate of drug-likeness (QED) is 0.778. The summed E-state index contributed by atoms with van der Waals surface area (Å²) in [5, 5.41) is 11.7. The molecule has 1 N–H and O–H groups in total. The molecule has 1 aromatic carbocycles. The van der Waals surface area contributed by atoms with E-state index in [1.807, 2.05) is 6.07 Å². The van der Waals surface area contributed by atoms with Crippen LogP contribution in [0.2, 0.25) is 0 Å². The zero-order valence-electron chi connectivity index (χ0n) is 7.97. The minimum atomic E-state index is -0.350. The van der Waals surface area contributed by atoms with Crippen molar-refractivity contribution >= 4 is 5.69 Å². The van der Waals surface area contributed by atoms with Crippen LogP contribution in [0.15, 0.2) is 18.2 Å². The Balaban J connectivity index is 2.23. The zero-order valence-corrected chi connectivity index (χ0v) is 7.97. The lowest BCUT2D eigenvalue weighted by Crippen LogP contribution is -2.16. The third-order valence-electron chi connectivity index (χ3n) is 2.53. The van der Waals surface area contributed by atoms with Crippen molar-refractivity contribution in [2.45, 2.75) is 25.3 Å². The molecule has 0 radical (unpaired) electrons. The largest absolute Gasteiger partial charge is 0.378 e. The van der Waals surface area contributed by atoms with Crippen LogP contribution in [-0.4, -0.2) is 5.54 Å². The van der Waals surface area contributed by atoms with Crippen molar-refractivity contribution in [3.63, 3.8) is 0 Å². The number of nitrogens with one attached hydrogen (secondary N) is 1. The molecule has 0 unspecified atom stereocenters. The Labute approximate surface area is 82.4 Å². The molecule has 0 spiro atoms. The van der Waals surface area contributed by atoms with Gasteiger partial charge in [0, 0.05) is 5.54 Å². The lowest BCUT2D eigenvalue weighted by atomic mass is 10.2. The number of rotatable bonds is 2. The van der Waals surface area contributed by atoms with E-state index in [1.165, 1.54) is 6.07 Å². The third-order valence-corrected chi connectivity index (χ3v) is 2.53. The van der Waals surface area contributed by atoms with E-state index in [4.69, 9.17) is 5.26 Å². The number of anilines is 1. The van der Waals surface area contributed by atoms with Gasteiger partial charge in [-0.3, -0.25) is 0 Å². The molecule has 1 saturated carbocycles. The van der Waals surface area contributed by atoms with E-state index in [0.717, 1.165) is 12.8 Å². The van der Waals surface area contributed by atoms with Gasteiger partial charge in [0.05, 0.1) is 17.3 Å². The maximum absolute atomic E-state index is 13.4. The first kappa shape index (κ1) is 9.01. The minimum Gasteiger partial charge on any atom is -0.378 e. The maximum atomic E-state index is 13.4. The van der Waals surface area contributed by atoms with Gasteiger partial charge in [0.15, 0.2) is 0 Å². The molecule has 14 heavy (non-hydrogen) atoms. The summed E-state index contributed by atoms with van der Waals surface area (Å²) in [7, 11) is 0. The van der Waals surface area contributed by atoms with E-state index in [-0.39, 0.29) is 11.4 Å². The molecule has 1 aliphatic rings. The third kappa shape index (κ3) is 1.69. The van der Waals surface area contributed by atoms with Gasteiger partial charge >= 0.3 is 0 Å². The van der Waals surface area contributed by atoms with Crippen molar-refractivity contribution in [2.24, 2.45) is 0 Å². The molecule has 0 heterocycles. The summed E-state index contributed by atoms with van der Waals surface area (Å²) in [4.78, 5) is 0. The highest BCUT2D eigenvalue weighted by molar-refractivity contribution is 5.51. The van der Waals surface area contributed by atoms with E-state index < -0.39 is 0 Å². The van der Waals surface area contributed by atoms with E-state index in [9.17, 15) is 4.39 Å². The molecular formula is C11H11FN2. The number of nitriles is 1. The standard InChI is InChI=1S/C11H11FN2/c1-11(4-5-11)14-10-3-2-8(7-13)6-9(10)12/h2-3,6,14H,4-5H2,1H3. The van der Waals surface area contributed by atoms with Crippen LogP contribution in [0, 0.1) is 17.1 Å². The monoisotopic (exact) mass is 190 g/mol. The smallest absolute Gasteiger partial charge is 0.147 e. The highest BCUT2D eigenvalue weighted by Crippen LogP contribution is 2.38. The van der Waals surface area contributed by atoms with Gasteiger partial charge in [0.2, 0.25) is 0 Å². The van der Waals surface area contributed by atoms with E-state index in [2.05, 4.69) is 12.2 Å². The summed E-state index contributed by atoms with van der Waals surface area (Å²) in [6.07, 6.45) is 2.15. The number of hydrogen-bond acceptors (Lipinski definition) is 2. The van der Waals surface area contributed by atoms with Crippen LogP contribution >= 0.6 is 0 Å². The topological polar surface area (TPSA) is 35.8 Å². The van der Waals surface area contributed by atoms with Crippen LogP contribution in [0.3, 0.4) is 0 Å². The summed E-state index contributed by atoms with van der Waals surface area (Å²) < 4.78 is 13.4. The Morgan fingerprint density at radius 1 is 1.50 bits per heavy atom. The summed E-state index contributed by atoms with van der Waals surface area (Å²) >= 11 is 0. The SMILES string of the molecule is CC1(Nc2ccc(C#N)cc2F)CC1. The summed E-state index contributed by atoms with van der Waals surface area (Å²) in [5.74, 6) is -0.350. The molecule has 1 aromatic rings. The van der Waals surface area contributed by atoms with Gasteiger partial charge in [0.25, 0.3) is 0 Å². The lowest BCUT2D eigenvalue weighted by molar-refractivity contribution is 0.625. The molecule has 1 fully saturated rings. The van der Waals surface area contributed by atoms with Crippen molar-refractivity contribution in [2.75, 3.05) is 5.32 Å². The van der Waals surface area contributed by atoms with Gasteiger partial charge in [0.1, 0.15) is 5.82 Å². The van der Waals surface area contributed by atoms with Crippen molar-refractivity contribution in [1.82, 2.24) is 0 Å². The molecule has 0 bridgehead atoms. The molecular weight excluding hydrogens is 179 g/mol. The number of halogens is 1. The van der Waals surface area contributed by atoms with E-state index in [0.29, 0.717) is 11.3 Å². The fraction of sp³-hybridized carbons (Fsp3) is 0.364. The number of benzene rings is 1. The Hall–Kier alpha value is -1.56. The van der Waals surface area contributed by atoms with Gasteiger partial charge < -0.3 is 5.32 Å². The van der Waals surface area contributed by atoms with Gasteiger partial charge in [-0.05, 0) is 38.0 Å². The van der Waals surface area contributed by atoms with Crippen molar-refractivity contribution in [3.8, 4) is 6.07 Å². The summed E-state index contributed by atoms with van der Waals surface area (Å²) in [6, 6.07) is 6.41. The first-order chi connectivity index (χ1) is 6.63. The Morgan fingerprint density at radius 3 is 2.71 bits per heavy atom. The number of nitrogens with zero attached hydrogens (tertiary/aromatic N) is 1. The van der Waals surface area contributed by atoms with E-state index in [1.54, 1.807) is 12.1 Å². The van der Waals surface area contributed by atoms with Crippen LogP contribution < -0.4 is 5.32 Å². The highest BCUT2D eigenvalue weighted by atomic mass is 19.1. The highest BCUT2D eigenvalue weighted by Gasteiger charge is 2.37. The van der Waals surface area contributed by atoms with Crippen LogP contribution in [0.5, 0.6) is 0 Å². The molecule has 2 nitrogen and oxygen atoms in total. The molecule has 2 rings (SSSR count). The Kier molecular flexibility index (Phi) is 1.92. The minimum absolute atomic E-state index is 0.0645. The summed E-state index contributed by atoms with van der Waals surface area (Å²) in [6.45, 7) is 2.06. The first-order valence-corrected chi connectivity index (χ1v) is 4.61. The molecule has 72 valence electrons. The second-order valence-corrected chi connectivity index (χ2v) is 3.99. The van der Waals surface area contributed by atoms with Crippen LogP contribution in [-0.2, 0) is 0 Å². The molecule has 0 aliphatic heterocycles. The van der Waals surface area contributed by atoms with Crippen LogP contribution in [0.1, 0.15) is 25.3 Å². The second-order valence-electron chi connectivity index (χ2n) is 3.99. The average molecular weight is 190 g/mol. The molecule has 0 saturated heterocycles. The fourth-order valence-electron chi connectivity index (χ4n) is 1.32. The van der Waals surface area contributed by atoms with Crippen molar-refractivity contribution in [1.29, 1.82) is 5.26 Å². The second kappa shape index (κ2) is 2.98. The number of hydrogen-bond donors (Lipinski definition) is 1. The maximum Gasteiger partial charge on any atom is 0.147 e. The molecule has 0 atom stereocenters. The van der Waals surface area contributed by atoms with Gasteiger partial charge in [-0.2, -0.15) is 5.26 Å². The van der Waals surface area contributed by atoms with Crippen LogP contribution in [0.25, 0.3) is 0 Å². The van der Waals surface area contributed by atoms with Gasteiger partial charge in [-0.15, -0.1) is 0 Å². The Bertz CT molecular complexity index is 402. The van der Waals surface area contributed by atoms with Crippen LogP contribution in [0.4, 0.5) is 10.1 Å². The molecule has 0 aromatic heterocycles. The average Bonchev–Trinajstić information content (AvgIpc) is 2.88. The van der Waals surface area contributed by atoms with Crippen molar-refractivity contribution in [3.05, 3.63) is 29.6 Å². The van der Waals surface area contributed by atoms with Gasteiger partial charge in [-0.25, -0.2) is 4.39 Å². The first-order valence-electron chi connectivity index (χ1n) is 4.61. The zero-order chi connectivity index (χ0) is 10.2. The predicted molar refractivity (Wildman–Crippen MR) is 52.4 cm³/mol. The fourth-order valence-corrected chi connectivity index (χ4v) is 1.32. The normalized spacial score (nSPS) is 17.2.